The smallest absolute Gasteiger partial charge is 0.241 e. The lowest BCUT2D eigenvalue weighted by Gasteiger charge is -2.43. The molecule has 0 aromatic heterocycles. The van der Waals surface area contributed by atoms with Gasteiger partial charge in [-0.3, -0.25) is 0 Å². The molecular formula is C20H35N2O3S+. The Kier molecular flexibility index (Phi) is 6.10. The summed E-state index contributed by atoms with van der Waals surface area (Å²) in [6.45, 7) is 15.1. The van der Waals surface area contributed by atoms with E-state index in [4.69, 9.17) is 4.74 Å². The predicted octanol–water partition coefficient (Wildman–Crippen LogP) is 2.65. The highest BCUT2D eigenvalue weighted by atomic mass is 32.2. The van der Waals surface area contributed by atoms with Crippen LogP contribution in [-0.4, -0.2) is 32.1 Å². The second kappa shape index (κ2) is 7.49. The first-order valence-electron chi connectivity index (χ1n) is 9.49. The zero-order chi connectivity index (χ0) is 19.8. The third-order valence-electron chi connectivity index (χ3n) is 4.87. The topological polar surface area (TPSA) is 72.0 Å². The standard InChI is InChI=1S/C20H34N2O3S/c1-8-9-25-17-10-15(3)18(11-14(17)2)26(23,24)21-16-12-19(4,5)22-20(6,7)13-16/h10-11,16,21-22H,8-9,12-13H2,1-7H3/p+1. The number of hydrogen-bond donors (Lipinski definition) is 2. The van der Waals surface area contributed by atoms with Gasteiger partial charge in [0.15, 0.2) is 0 Å². The van der Waals surface area contributed by atoms with Gasteiger partial charge in [-0.1, -0.05) is 6.92 Å². The molecule has 1 aromatic rings. The SMILES string of the molecule is CCCOc1cc(C)c(S(=O)(=O)NC2CC(C)(C)[NH2+]C(C)(C)C2)cc1C. The van der Waals surface area contributed by atoms with E-state index in [0.29, 0.717) is 11.5 Å². The fourth-order valence-electron chi connectivity index (χ4n) is 4.30. The molecule has 0 spiro atoms. The largest absolute Gasteiger partial charge is 0.493 e. The molecule has 5 nitrogen and oxygen atoms in total. The van der Waals surface area contributed by atoms with Crippen molar-refractivity contribution in [3.05, 3.63) is 23.3 Å². The molecule has 1 aliphatic heterocycles. The van der Waals surface area contributed by atoms with Crippen LogP contribution < -0.4 is 14.8 Å². The molecule has 0 aliphatic carbocycles. The van der Waals surface area contributed by atoms with Crippen molar-refractivity contribution in [2.45, 2.75) is 89.7 Å². The number of quaternary nitrogens is 1. The number of nitrogens with two attached hydrogens (primary N) is 1. The fourth-order valence-corrected chi connectivity index (χ4v) is 5.85. The zero-order valence-corrected chi connectivity index (χ0v) is 18.1. The Morgan fingerprint density at radius 3 is 2.23 bits per heavy atom. The van der Waals surface area contributed by atoms with Gasteiger partial charge < -0.3 is 10.1 Å². The molecule has 0 saturated carbocycles. The molecule has 2 rings (SSSR count). The van der Waals surface area contributed by atoms with E-state index in [2.05, 4.69) is 44.7 Å². The summed E-state index contributed by atoms with van der Waals surface area (Å²) in [5.74, 6) is 0.762. The average Bonchev–Trinajstić information content (AvgIpc) is 2.43. The maximum absolute atomic E-state index is 13.1. The van der Waals surface area contributed by atoms with Crippen LogP contribution in [0.25, 0.3) is 0 Å². The molecule has 3 N–H and O–H groups in total. The summed E-state index contributed by atoms with van der Waals surface area (Å²) in [7, 11) is -3.57. The normalized spacial score (nSPS) is 20.1. The highest BCUT2D eigenvalue weighted by Gasteiger charge is 2.43. The highest BCUT2D eigenvalue weighted by Crippen LogP contribution is 2.28. The van der Waals surface area contributed by atoms with Crippen molar-refractivity contribution in [2.75, 3.05) is 6.61 Å². The van der Waals surface area contributed by atoms with Crippen LogP contribution in [0.1, 0.15) is 65.0 Å². The molecule has 0 amide bonds. The monoisotopic (exact) mass is 383 g/mol. The van der Waals surface area contributed by atoms with Crippen molar-refractivity contribution in [1.29, 1.82) is 0 Å². The Balaban J connectivity index is 2.26. The van der Waals surface area contributed by atoms with Gasteiger partial charge in [-0.25, -0.2) is 13.1 Å². The Morgan fingerprint density at radius 2 is 1.69 bits per heavy atom. The average molecular weight is 384 g/mol. The molecular weight excluding hydrogens is 348 g/mol. The molecule has 26 heavy (non-hydrogen) atoms. The summed E-state index contributed by atoms with van der Waals surface area (Å²) < 4.78 is 34.8. The molecule has 148 valence electrons. The lowest BCUT2D eigenvalue weighted by Crippen LogP contribution is -3.06. The van der Waals surface area contributed by atoms with E-state index in [0.717, 1.165) is 36.1 Å². The molecule has 0 unspecified atom stereocenters. The van der Waals surface area contributed by atoms with E-state index in [1.165, 1.54) is 0 Å². The van der Waals surface area contributed by atoms with Gasteiger partial charge in [-0.05, 0) is 71.2 Å². The van der Waals surface area contributed by atoms with Crippen LogP contribution in [0.3, 0.4) is 0 Å². The van der Waals surface area contributed by atoms with Gasteiger partial charge in [0.25, 0.3) is 0 Å². The Morgan fingerprint density at radius 1 is 1.12 bits per heavy atom. The highest BCUT2D eigenvalue weighted by molar-refractivity contribution is 7.89. The van der Waals surface area contributed by atoms with Crippen LogP contribution in [-0.2, 0) is 10.0 Å². The second-order valence-electron chi connectivity index (χ2n) is 9.08. The van der Waals surface area contributed by atoms with E-state index in [9.17, 15) is 8.42 Å². The first-order chi connectivity index (χ1) is 11.9. The third-order valence-corrected chi connectivity index (χ3v) is 6.53. The number of aryl methyl sites for hydroxylation is 2. The molecule has 0 bridgehead atoms. The number of sulfonamides is 1. The first kappa shape index (κ1) is 21.2. The van der Waals surface area contributed by atoms with E-state index < -0.39 is 10.0 Å². The summed E-state index contributed by atoms with van der Waals surface area (Å²) in [5.41, 5.74) is 1.59. The van der Waals surface area contributed by atoms with Crippen molar-refractivity contribution >= 4 is 10.0 Å². The van der Waals surface area contributed by atoms with Crippen molar-refractivity contribution in [2.24, 2.45) is 0 Å². The lowest BCUT2D eigenvalue weighted by atomic mass is 9.80. The van der Waals surface area contributed by atoms with Crippen LogP contribution in [0.5, 0.6) is 5.75 Å². The van der Waals surface area contributed by atoms with Gasteiger partial charge in [0, 0.05) is 18.9 Å². The van der Waals surface area contributed by atoms with E-state index in [-0.39, 0.29) is 17.1 Å². The fraction of sp³-hybridized carbons (Fsp3) is 0.700. The molecule has 1 heterocycles. The van der Waals surface area contributed by atoms with Gasteiger partial charge in [-0.15, -0.1) is 0 Å². The summed E-state index contributed by atoms with van der Waals surface area (Å²) >= 11 is 0. The summed E-state index contributed by atoms with van der Waals surface area (Å²) in [5, 5.41) is 2.35. The molecule has 6 heteroatoms. The molecule has 1 saturated heterocycles. The van der Waals surface area contributed by atoms with Crippen LogP contribution >= 0.6 is 0 Å². The summed E-state index contributed by atoms with van der Waals surface area (Å²) in [6, 6.07) is 3.50. The van der Waals surface area contributed by atoms with Gasteiger partial charge in [0.2, 0.25) is 10.0 Å². The lowest BCUT2D eigenvalue weighted by molar-refractivity contribution is -0.787. The van der Waals surface area contributed by atoms with Crippen LogP contribution in [0.2, 0.25) is 0 Å². The maximum atomic E-state index is 13.1. The minimum atomic E-state index is -3.57. The maximum Gasteiger partial charge on any atom is 0.241 e. The van der Waals surface area contributed by atoms with Gasteiger partial charge in [0.1, 0.15) is 5.75 Å². The van der Waals surface area contributed by atoms with Gasteiger partial charge in [0.05, 0.1) is 22.6 Å². The quantitative estimate of drug-likeness (QED) is 0.793. The van der Waals surface area contributed by atoms with Gasteiger partial charge >= 0.3 is 0 Å². The minimum Gasteiger partial charge on any atom is -0.493 e. The van der Waals surface area contributed by atoms with Gasteiger partial charge in [-0.2, -0.15) is 0 Å². The van der Waals surface area contributed by atoms with E-state index in [1.54, 1.807) is 6.07 Å². The van der Waals surface area contributed by atoms with Crippen molar-refractivity contribution in [1.82, 2.24) is 4.72 Å². The Labute approximate surface area is 159 Å². The first-order valence-corrected chi connectivity index (χ1v) is 11.0. The number of hydrogen-bond acceptors (Lipinski definition) is 3. The van der Waals surface area contributed by atoms with Crippen LogP contribution in [0.15, 0.2) is 17.0 Å². The van der Waals surface area contributed by atoms with E-state index >= 15 is 0 Å². The van der Waals surface area contributed by atoms with Crippen LogP contribution in [0, 0.1) is 13.8 Å². The molecule has 0 atom stereocenters. The molecule has 1 aliphatic rings. The Bertz CT molecular complexity index is 739. The number of piperidine rings is 1. The summed E-state index contributed by atoms with van der Waals surface area (Å²) in [4.78, 5) is 0.351. The number of benzene rings is 1. The second-order valence-corrected chi connectivity index (χ2v) is 10.8. The number of ether oxygens (including phenoxy) is 1. The minimum absolute atomic E-state index is 0.0117. The number of rotatable bonds is 6. The Hall–Kier alpha value is -1.11. The van der Waals surface area contributed by atoms with E-state index in [1.807, 2.05) is 19.9 Å². The molecule has 1 aromatic carbocycles. The van der Waals surface area contributed by atoms with Crippen molar-refractivity contribution in [3.8, 4) is 5.75 Å². The van der Waals surface area contributed by atoms with Crippen molar-refractivity contribution in [3.63, 3.8) is 0 Å². The van der Waals surface area contributed by atoms with Crippen LogP contribution in [0.4, 0.5) is 0 Å². The summed E-state index contributed by atoms with van der Waals surface area (Å²) in [6.07, 6.45) is 2.54. The van der Waals surface area contributed by atoms with Crippen molar-refractivity contribution < 1.29 is 18.5 Å². The predicted molar refractivity (Wildman–Crippen MR) is 105 cm³/mol. The number of nitrogens with one attached hydrogen (secondary N) is 1. The zero-order valence-electron chi connectivity index (χ0n) is 17.3. The molecule has 1 fully saturated rings. The molecule has 0 radical (unpaired) electrons. The third kappa shape index (κ3) is 5.21.